The Morgan fingerprint density at radius 3 is 2.29 bits per heavy atom. The maximum absolute atomic E-state index is 12.8. The molecule has 0 bridgehead atoms. The first kappa shape index (κ1) is 20.4. The maximum atomic E-state index is 12.8. The molecule has 1 atom stereocenters. The van der Waals surface area contributed by atoms with Crippen LogP contribution in [0.1, 0.15) is 40.4 Å². The van der Waals surface area contributed by atoms with E-state index in [9.17, 15) is 9.59 Å². The van der Waals surface area contributed by atoms with E-state index in [2.05, 4.69) is 29.2 Å². The minimum absolute atomic E-state index is 0.0364. The molecule has 0 spiro atoms. The van der Waals surface area contributed by atoms with Crippen molar-refractivity contribution in [1.29, 1.82) is 0 Å². The number of halogens is 1. The Morgan fingerprint density at radius 2 is 1.68 bits per heavy atom. The number of amides is 1. The molecule has 1 fully saturated rings. The highest BCUT2D eigenvalue weighted by Crippen LogP contribution is 2.28. The number of hydrogen-bond donors (Lipinski definition) is 1. The SMILES string of the molecule is Cc1ccc([C@H](CCC(=O)O)N2CCN(C(=O)c3ccccc3Cl)CC2)cc1. The molecule has 0 unspecified atom stereocenters. The van der Waals surface area contributed by atoms with Gasteiger partial charge < -0.3 is 10.0 Å². The number of aliphatic carboxylic acids is 1. The Bertz CT molecular complexity index is 830. The molecule has 6 heteroatoms. The largest absolute Gasteiger partial charge is 0.481 e. The number of carboxylic acids is 1. The second-order valence-corrected chi connectivity index (χ2v) is 7.57. The summed E-state index contributed by atoms with van der Waals surface area (Å²) in [6.07, 6.45) is 0.675. The van der Waals surface area contributed by atoms with Gasteiger partial charge in [0.15, 0.2) is 0 Å². The normalized spacial score (nSPS) is 16.0. The van der Waals surface area contributed by atoms with E-state index in [1.807, 2.05) is 24.0 Å². The van der Waals surface area contributed by atoms with Crippen LogP contribution in [0.15, 0.2) is 48.5 Å². The topological polar surface area (TPSA) is 60.9 Å². The van der Waals surface area contributed by atoms with Crippen LogP contribution in [-0.4, -0.2) is 53.0 Å². The number of carbonyl (C=O) groups excluding carboxylic acids is 1. The molecule has 1 aliphatic rings. The maximum Gasteiger partial charge on any atom is 0.303 e. The lowest BCUT2D eigenvalue weighted by molar-refractivity contribution is -0.137. The van der Waals surface area contributed by atoms with Gasteiger partial charge in [-0.1, -0.05) is 53.6 Å². The molecule has 3 rings (SSSR count). The number of rotatable bonds is 6. The first-order valence-electron chi connectivity index (χ1n) is 9.52. The lowest BCUT2D eigenvalue weighted by Gasteiger charge is -2.39. The quantitative estimate of drug-likeness (QED) is 0.795. The standard InChI is InChI=1S/C22H25ClN2O3/c1-16-6-8-17(9-7-16)20(10-11-21(26)27)24-12-14-25(15-13-24)22(28)18-4-2-3-5-19(18)23/h2-9,20H,10-15H2,1H3,(H,26,27)/t20-/m0/s1. The van der Waals surface area contributed by atoms with Gasteiger partial charge in [-0.2, -0.15) is 0 Å². The summed E-state index contributed by atoms with van der Waals surface area (Å²) in [7, 11) is 0. The lowest BCUT2D eigenvalue weighted by Crippen LogP contribution is -2.49. The second kappa shape index (κ2) is 9.22. The zero-order chi connectivity index (χ0) is 20.1. The van der Waals surface area contributed by atoms with E-state index in [0.29, 0.717) is 43.2 Å². The number of benzene rings is 2. The van der Waals surface area contributed by atoms with E-state index in [-0.39, 0.29) is 18.4 Å². The molecule has 1 heterocycles. The Hall–Kier alpha value is -2.37. The minimum atomic E-state index is -0.787. The Morgan fingerprint density at radius 1 is 1.04 bits per heavy atom. The number of nitrogens with zero attached hydrogens (tertiary/aromatic N) is 2. The molecule has 0 radical (unpaired) electrons. The molecule has 5 nitrogen and oxygen atoms in total. The van der Waals surface area contributed by atoms with E-state index in [4.69, 9.17) is 16.7 Å². The van der Waals surface area contributed by atoms with Crippen molar-refractivity contribution in [3.8, 4) is 0 Å². The van der Waals surface area contributed by atoms with Crippen LogP contribution < -0.4 is 0 Å². The third-order valence-corrected chi connectivity index (χ3v) is 5.57. The molecule has 0 aliphatic carbocycles. The molecule has 0 saturated carbocycles. The highest BCUT2D eigenvalue weighted by atomic mass is 35.5. The molecule has 1 N–H and O–H groups in total. The average molecular weight is 401 g/mol. The zero-order valence-electron chi connectivity index (χ0n) is 16.0. The third-order valence-electron chi connectivity index (χ3n) is 5.24. The van der Waals surface area contributed by atoms with Crippen LogP contribution in [-0.2, 0) is 4.79 Å². The fourth-order valence-corrected chi connectivity index (χ4v) is 3.87. The van der Waals surface area contributed by atoms with E-state index < -0.39 is 5.97 Å². The number of piperazine rings is 1. The van der Waals surface area contributed by atoms with E-state index in [1.165, 1.54) is 5.56 Å². The van der Waals surface area contributed by atoms with Gasteiger partial charge in [0.05, 0.1) is 10.6 Å². The fourth-order valence-electron chi connectivity index (χ4n) is 3.65. The van der Waals surface area contributed by atoms with Gasteiger partial charge in [-0.15, -0.1) is 0 Å². The summed E-state index contributed by atoms with van der Waals surface area (Å²) in [5, 5.41) is 9.60. The molecule has 2 aromatic rings. The summed E-state index contributed by atoms with van der Waals surface area (Å²) in [5.41, 5.74) is 2.83. The minimum Gasteiger partial charge on any atom is -0.481 e. The zero-order valence-corrected chi connectivity index (χ0v) is 16.7. The van der Waals surface area contributed by atoms with Gasteiger partial charge in [-0.25, -0.2) is 0 Å². The second-order valence-electron chi connectivity index (χ2n) is 7.17. The summed E-state index contributed by atoms with van der Waals surface area (Å²) < 4.78 is 0. The summed E-state index contributed by atoms with van der Waals surface area (Å²) in [6, 6.07) is 15.4. The van der Waals surface area contributed by atoms with Gasteiger partial charge in [0.1, 0.15) is 0 Å². The van der Waals surface area contributed by atoms with Crippen LogP contribution in [0.2, 0.25) is 5.02 Å². The molecule has 1 amide bonds. The van der Waals surface area contributed by atoms with Crippen molar-refractivity contribution in [2.45, 2.75) is 25.8 Å². The Labute approximate surface area is 170 Å². The van der Waals surface area contributed by atoms with Gasteiger partial charge >= 0.3 is 5.97 Å². The van der Waals surface area contributed by atoms with Crippen molar-refractivity contribution >= 4 is 23.5 Å². The molecular formula is C22H25ClN2O3. The highest BCUT2D eigenvalue weighted by Gasteiger charge is 2.28. The van der Waals surface area contributed by atoms with E-state index in [1.54, 1.807) is 12.1 Å². The predicted molar refractivity (Wildman–Crippen MR) is 110 cm³/mol. The van der Waals surface area contributed by atoms with Crippen LogP contribution in [0.3, 0.4) is 0 Å². The lowest BCUT2D eigenvalue weighted by atomic mass is 9.98. The monoisotopic (exact) mass is 400 g/mol. The molecule has 2 aromatic carbocycles. The molecule has 148 valence electrons. The van der Waals surface area contributed by atoms with Crippen molar-refractivity contribution < 1.29 is 14.7 Å². The Balaban J connectivity index is 1.69. The van der Waals surface area contributed by atoms with Crippen LogP contribution in [0.4, 0.5) is 0 Å². The van der Waals surface area contributed by atoms with Gasteiger partial charge in [-0.3, -0.25) is 14.5 Å². The number of aryl methyl sites for hydroxylation is 1. The summed E-state index contributed by atoms with van der Waals surface area (Å²) in [4.78, 5) is 28.0. The first-order valence-corrected chi connectivity index (χ1v) is 9.89. The van der Waals surface area contributed by atoms with Crippen LogP contribution in [0.25, 0.3) is 0 Å². The predicted octanol–water partition coefficient (Wildman–Crippen LogP) is 4.01. The smallest absolute Gasteiger partial charge is 0.303 e. The van der Waals surface area contributed by atoms with Gasteiger partial charge in [0, 0.05) is 38.6 Å². The van der Waals surface area contributed by atoms with Crippen LogP contribution in [0.5, 0.6) is 0 Å². The molecule has 28 heavy (non-hydrogen) atoms. The average Bonchev–Trinajstić information content (AvgIpc) is 2.69. The van der Waals surface area contributed by atoms with Crippen molar-refractivity contribution in [3.63, 3.8) is 0 Å². The first-order chi connectivity index (χ1) is 13.5. The van der Waals surface area contributed by atoms with E-state index >= 15 is 0 Å². The molecular weight excluding hydrogens is 376 g/mol. The highest BCUT2D eigenvalue weighted by molar-refractivity contribution is 6.33. The fraction of sp³-hybridized carbons (Fsp3) is 0.364. The molecule has 1 aliphatic heterocycles. The van der Waals surface area contributed by atoms with Gasteiger partial charge in [0.2, 0.25) is 0 Å². The van der Waals surface area contributed by atoms with Crippen molar-refractivity contribution in [2.24, 2.45) is 0 Å². The number of hydrogen-bond acceptors (Lipinski definition) is 3. The van der Waals surface area contributed by atoms with Crippen LogP contribution >= 0.6 is 11.6 Å². The summed E-state index contributed by atoms with van der Waals surface area (Å²) in [6.45, 7) is 4.64. The molecule has 0 aromatic heterocycles. The van der Waals surface area contributed by atoms with Crippen molar-refractivity contribution in [1.82, 2.24) is 9.80 Å². The number of carbonyl (C=O) groups is 2. The molecule has 1 saturated heterocycles. The third kappa shape index (κ3) is 4.91. The van der Waals surface area contributed by atoms with Crippen LogP contribution in [0, 0.1) is 6.92 Å². The summed E-state index contributed by atoms with van der Waals surface area (Å²) in [5.74, 6) is -0.840. The van der Waals surface area contributed by atoms with Crippen molar-refractivity contribution in [2.75, 3.05) is 26.2 Å². The Kier molecular flexibility index (Phi) is 6.70. The van der Waals surface area contributed by atoms with E-state index in [0.717, 1.165) is 5.56 Å². The van der Waals surface area contributed by atoms with Gasteiger partial charge in [0.25, 0.3) is 5.91 Å². The van der Waals surface area contributed by atoms with Crippen molar-refractivity contribution in [3.05, 3.63) is 70.2 Å². The summed E-state index contributed by atoms with van der Waals surface area (Å²) >= 11 is 6.17. The van der Waals surface area contributed by atoms with Gasteiger partial charge in [-0.05, 0) is 31.0 Å². The number of carboxylic acid groups (broad SMARTS) is 1.